The summed E-state index contributed by atoms with van der Waals surface area (Å²) in [6, 6.07) is 11.4. The number of hydrogen-bond donors (Lipinski definition) is 0. The molecule has 0 saturated carbocycles. The number of rotatable bonds is 7. The summed E-state index contributed by atoms with van der Waals surface area (Å²) >= 11 is 0. The van der Waals surface area contributed by atoms with Gasteiger partial charge in [-0.2, -0.15) is 0 Å². The first-order valence-electron chi connectivity index (χ1n) is 13.8. The summed E-state index contributed by atoms with van der Waals surface area (Å²) in [5.41, 5.74) is 2.11. The van der Waals surface area contributed by atoms with Crippen molar-refractivity contribution < 1.29 is 28.3 Å². The summed E-state index contributed by atoms with van der Waals surface area (Å²) < 4.78 is 18.8. The van der Waals surface area contributed by atoms with Crippen LogP contribution in [0, 0.1) is 17.7 Å². The normalized spacial score (nSPS) is 21.2. The number of ether oxygens (including phenoxy) is 1. The number of piperidine rings is 2. The maximum Gasteiger partial charge on any atom is 0.310 e. The average molecular weight is 536 g/mol. The van der Waals surface area contributed by atoms with Crippen LogP contribution < -0.4 is 4.90 Å². The van der Waals surface area contributed by atoms with Crippen LogP contribution >= 0.6 is 0 Å². The Labute approximate surface area is 227 Å². The highest BCUT2D eigenvalue weighted by atomic mass is 19.1. The van der Waals surface area contributed by atoms with E-state index in [1.807, 2.05) is 11.0 Å². The molecule has 5 rings (SSSR count). The van der Waals surface area contributed by atoms with Gasteiger partial charge in [0.25, 0.3) is 11.8 Å². The number of benzene rings is 2. The summed E-state index contributed by atoms with van der Waals surface area (Å²) in [5, 5.41) is 0. The molecule has 9 heteroatoms. The molecule has 3 amide bonds. The number of nitrogens with zero attached hydrogens (tertiary/aromatic N) is 3. The van der Waals surface area contributed by atoms with Crippen molar-refractivity contribution in [2.24, 2.45) is 11.8 Å². The highest BCUT2D eigenvalue weighted by molar-refractivity contribution is 6.23. The summed E-state index contributed by atoms with van der Waals surface area (Å²) in [4.78, 5) is 57.4. The lowest BCUT2D eigenvalue weighted by Crippen LogP contribution is -2.49. The van der Waals surface area contributed by atoms with E-state index in [-0.39, 0.29) is 47.9 Å². The van der Waals surface area contributed by atoms with Gasteiger partial charge >= 0.3 is 5.97 Å². The van der Waals surface area contributed by atoms with Gasteiger partial charge in [0.2, 0.25) is 5.91 Å². The van der Waals surface area contributed by atoms with Gasteiger partial charge in [-0.15, -0.1) is 0 Å². The van der Waals surface area contributed by atoms with Crippen molar-refractivity contribution in [3.05, 3.63) is 65.0 Å². The van der Waals surface area contributed by atoms with Gasteiger partial charge in [-0.3, -0.25) is 24.1 Å². The summed E-state index contributed by atoms with van der Waals surface area (Å²) in [6.45, 7) is 4.39. The zero-order valence-corrected chi connectivity index (χ0v) is 22.2. The van der Waals surface area contributed by atoms with Crippen LogP contribution in [0.1, 0.15) is 58.9 Å². The molecule has 39 heavy (non-hydrogen) atoms. The van der Waals surface area contributed by atoms with Crippen molar-refractivity contribution in [3.63, 3.8) is 0 Å². The molecule has 206 valence electrons. The first-order chi connectivity index (χ1) is 18.9. The molecule has 3 aliphatic rings. The Morgan fingerprint density at radius 3 is 2.54 bits per heavy atom. The minimum absolute atomic E-state index is 0.0281. The van der Waals surface area contributed by atoms with Gasteiger partial charge in [-0.1, -0.05) is 18.2 Å². The summed E-state index contributed by atoms with van der Waals surface area (Å²) in [5.74, 6) is -1.83. The molecule has 0 spiro atoms. The minimum Gasteiger partial charge on any atom is -0.466 e. The second-order valence-corrected chi connectivity index (χ2v) is 10.5. The molecule has 3 heterocycles. The van der Waals surface area contributed by atoms with Crippen LogP contribution in [-0.4, -0.2) is 72.8 Å². The SMILES string of the molecule is CCOC(=O)[C@@H]1CCCN(C(=O)[C@@H]2CCCN(c3cccc4c3C(=O)N(CCc3cccc(F)c3)C4=O)C2)C1. The van der Waals surface area contributed by atoms with Gasteiger partial charge in [0.05, 0.1) is 35.3 Å². The second kappa shape index (κ2) is 11.6. The Morgan fingerprint density at radius 1 is 0.974 bits per heavy atom. The number of esters is 1. The number of anilines is 1. The summed E-state index contributed by atoms with van der Waals surface area (Å²) in [7, 11) is 0. The van der Waals surface area contributed by atoms with E-state index in [1.165, 1.54) is 17.0 Å². The number of likely N-dealkylation sites (tertiary alicyclic amines) is 1. The third-order valence-corrected chi connectivity index (χ3v) is 7.95. The molecule has 0 aromatic heterocycles. The van der Waals surface area contributed by atoms with E-state index in [9.17, 15) is 23.6 Å². The lowest BCUT2D eigenvalue weighted by Gasteiger charge is -2.39. The number of fused-ring (bicyclic) bond motifs is 1. The topological polar surface area (TPSA) is 87.2 Å². The van der Waals surface area contributed by atoms with Crippen molar-refractivity contribution in [1.82, 2.24) is 9.80 Å². The van der Waals surface area contributed by atoms with Gasteiger partial charge in [0.15, 0.2) is 0 Å². The zero-order valence-electron chi connectivity index (χ0n) is 22.2. The fourth-order valence-corrected chi connectivity index (χ4v) is 6.00. The van der Waals surface area contributed by atoms with Crippen LogP contribution in [0.2, 0.25) is 0 Å². The lowest BCUT2D eigenvalue weighted by atomic mass is 9.92. The molecule has 0 bridgehead atoms. The number of carbonyl (C=O) groups excluding carboxylic acids is 4. The minimum atomic E-state index is -0.358. The smallest absolute Gasteiger partial charge is 0.310 e. The zero-order chi connectivity index (χ0) is 27.5. The Kier molecular flexibility index (Phi) is 7.95. The van der Waals surface area contributed by atoms with Crippen molar-refractivity contribution >= 4 is 29.4 Å². The van der Waals surface area contributed by atoms with Gasteiger partial charge in [-0.25, -0.2) is 4.39 Å². The van der Waals surface area contributed by atoms with Crippen molar-refractivity contribution in [3.8, 4) is 0 Å². The molecule has 2 atom stereocenters. The molecule has 0 aliphatic carbocycles. The monoisotopic (exact) mass is 535 g/mol. The number of hydrogen-bond acceptors (Lipinski definition) is 6. The number of amides is 3. The highest BCUT2D eigenvalue weighted by Gasteiger charge is 2.40. The maximum absolute atomic E-state index is 13.6. The van der Waals surface area contributed by atoms with Crippen molar-refractivity contribution in [2.75, 3.05) is 44.2 Å². The Hall–Kier alpha value is -3.75. The predicted octanol–water partition coefficient (Wildman–Crippen LogP) is 3.68. The van der Waals surface area contributed by atoms with Crippen LogP contribution in [0.3, 0.4) is 0 Å². The molecule has 2 fully saturated rings. The fourth-order valence-electron chi connectivity index (χ4n) is 6.00. The van der Waals surface area contributed by atoms with E-state index in [0.717, 1.165) is 25.7 Å². The average Bonchev–Trinajstić information content (AvgIpc) is 3.20. The van der Waals surface area contributed by atoms with E-state index in [2.05, 4.69) is 0 Å². The quantitative estimate of drug-likeness (QED) is 0.397. The van der Waals surface area contributed by atoms with Crippen LogP contribution in [0.25, 0.3) is 0 Å². The van der Waals surface area contributed by atoms with E-state index in [1.54, 1.807) is 36.1 Å². The fraction of sp³-hybridized carbons (Fsp3) is 0.467. The van der Waals surface area contributed by atoms with Gasteiger partial charge < -0.3 is 14.5 Å². The first-order valence-corrected chi connectivity index (χ1v) is 13.8. The Bertz CT molecular complexity index is 1280. The number of halogens is 1. The highest BCUT2D eigenvalue weighted by Crippen LogP contribution is 2.35. The van der Waals surface area contributed by atoms with Crippen molar-refractivity contribution in [2.45, 2.75) is 39.0 Å². The molecule has 3 aliphatic heterocycles. The maximum atomic E-state index is 13.6. The molecule has 8 nitrogen and oxygen atoms in total. The van der Waals surface area contributed by atoms with Gasteiger partial charge in [-0.05, 0) is 68.9 Å². The van der Waals surface area contributed by atoms with Crippen LogP contribution in [0.5, 0.6) is 0 Å². The Morgan fingerprint density at radius 2 is 1.74 bits per heavy atom. The van der Waals surface area contributed by atoms with E-state index < -0.39 is 0 Å². The second-order valence-electron chi connectivity index (χ2n) is 10.5. The molecule has 0 unspecified atom stereocenters. The number of imide groups is 1. The molecule has 0 N–H and O–H groups in total. The molecule has 2 saturated heterocycles. The van der Waals surface area contributed by atoms with Gasteiger partial charge in [0.1, 0.15) is 5.82 Å². The van der Waals surface area contributed by atoms with E-state index in [4.69, 9.17) is 4.74 Å². The standard InChI is InChI=1S/C30H34FN3O5/c1-2-39-30(38)22-9-6-15-33(19-22)27(35)21-8-5-14-32(18-21)25-12-4-11-24-26(25)29(37)34(28(24)36)16-13-20-7-3-10-23(31)17-20/h3-4,7,10-12,17,21-22H,2,5-6,8-9,13-16,18-19H2,1H3/t21-,22-/m1/s1. The predicted molar refractivity (Wildman–Crippen MR) is 143 cm³/mol. The van der Waals surface area contributed by atoms with Crippen LogP contribution in [0.4, 0.5) is 10.1 Å². The Balaban J connectivity index is 1.29. The van der Waals surface area contributed by atoms with Gasteiger partial charge in [0, 0.05) is 32.7 Å². The molecular weight excluding hydrogens is 501 g/mol. The lowest BCUT2D eigenvalue weighted by molar-refractivity contribution is -0.152. The van der Waals surface area contributed by atoms with Crippen LogP contribution in [-0.2, 0) is 20.7 Å². The molecular formula is C30H34FN3O5. The molecule has 2 aromatic rings. The molecule has 0 radical (unpaired) electrons. The third kappa shape index (κ3) is 5.53. The van der Waals surface area contributed by atoms with Crippen molar-refractivity contribution in [1.29, 1.82) is 0 Å². The molecule has 2 aromatic carbocycles. The summed E-state index contributed by atoms with van der Waals surface area (Å²) in [6.07, 6.45) is 3.36. The van der Waals surface area contributed by atoms with E-state index in [0.29, 0.717) is 61.6 Å². The third-order valence-electron chi connectivity index (χ3n) is 7.95. The van der Waals surface area contributed by atoms with Crippen LogP contribution in [0.15, 0.2) is 42.5 Å². The van der Waals surface area contributed by atoms with E-state index >= 15 is 0 Å². The largest absolute Gasteiger partial charge is 0.466 e. The first kappa shape index (κ1) is 26.8. The number of carbonyl (C=O) groups is 4.